The molecule has 1 aromatic rings. The van der Waals surface area contributed by atoms with Crippen molar-refractivity contribution < 1.29 is 9.18 Å². The van der Waals surface area contributed by atoms with E-state index in [1.165, 1.54) is 31.9 Å². The maximum Gasteiger partial charge on any atom is 0.251 e. The number of amides is 1. The minimum Gasteiger partial charge on any atom is -0.352 e. The third-order valence-electron chi connectivity index (χ3n) is 4.35. The number of aryl methyl sites for hydroxylation is 1. The summed E-state index contributed by atoms with van der Waals surface area (Å²) in [6, 6.07) is 5.32. The Kier molecular flexibility index (Phi) is 3.74. The van der Waals surface area contributed by atoms with Crippen LogP contribution in [0.15, 0.2) is 18.2 Å². The molecule has 1 aliphatic carbocycles. The van der Waals surface area contributed by atoms with E-state index in [-0.39, 0.29) is 11.7 Å². The summed E-state index contributed by atoms with van der Waals surface area (Å²) >= 11 is 0. The molecule has 0 radical (unpaired) electrons. The number of hydrogen-bond donors (Lipinski definition) is 1. The van der Waals surface area contributed by atoms with Crippen LogP contribution in [-0.2, 0) is 0 Å². The fourth-order valence-electron chi connectivity index (χ4n) is 2.93. The van der Waals surface area contributed by atoms with Crippen LogP contribution < -0.4 is 5.32 Å². The van der Waals surface area contributed by atoms with E-state index in [4.69, 9.17) is 0 Å². The van der Waals surface area contributed by atoms with Crippen LogP contribution in [0.4, 0.5) is 4.39 Å². The van der Waals surface area contributed by atoms with Gasteiger partial charge >= 0.3 is 0 Å². The van der Waals surface area contributed by atoms with E-state index in [1.54, 1.807) is 19.1 Å². The lowest BCUT2D eigenvalue weighted by atomic mass is 10.1. The Balaban J connectivity index is 1.50. The van der Waals surface area contributed by atoms with Gasteiger partial charge in [0, 0.05) is 24.7 Å². The Hall–Kier alpha value is -1.42. The quantitative estimate of drug-likeness (QED) is 0.915. The molecule has 3 rings (SSSR count). The van der Waals surface area contributed by atoms with E-state index < -0.39 is 0 Å². The van der Waals surface area contributed by atoms with E-state index in [1.807, 2.05) is 0 Å². The SMILES string of the molecule is Cc1cc(C(=O)NCC2CCN(C3CC3)C2)ccc1F. The Morgan fingerprint density at radius 3 is 2.90 bits per heavy atom. The van der Waals surface area contributed by atoms with Gasteiger partial charge in [-0.25, -0.2) is 4.39 Å². The van der Waals surface area contributed by atoms with Gasteiger partial charge in [-0.1, -0.05) is 0 Å². The van der Waals surface area contributed by atoms with Crippen LogP contribution in [0.5, 0.6) is 0 Å². The highest BCUT2D eigenvalue weighted by Gasteiger charge is 2.34. The number of nitrogens with one attached hydrogen (secondary N) is 1. The van der Waals surface area contributed by atoms with Crippen LogP contribution in [0, 0.1) is 18.7 Å². The van der Waals surface area contributed by atoms with Crippen molar-refractivity contribution in [2.75, 3.05) is 19.6 Å². The average Bonchev–Trinajstić information content (AvgIpc) is 3.18. The summed E-state index contributed by atoms with van der Waals surface area (Å²) in [6.45, 7) is 4.67. The van der Waals surface area contributed by atoms with Gasteiger partial charge in [0.25, 0.3) is 5.91 Å². The molecule has 1 saturated carbocycles. The molecule has 3 nitrogen and oxygen atoms in total. The molecule has 0 spiro atoms. The lowest BCUT2D eigenvalue weighted by molar-refractivity contribution is 0.0947. The molecule has 1 heterocycles. The van der Waals surface area contributed by atoms with Crippen LogP contribution in [0.1, 0.15) is 35.2 Å². The lowest BCUT2D eigenvalue weighted by Gasteiger charge is -2.15. The van der Waals surface area contributed by atoms with E-state index in [0.29, 0.717) is 17.0 Å². The van der Waals surface area contributed by atoms with Gasteiger partial charge in [0.2, 0.25) is 0 Å². The van der Waals surface area contributed by atoms with E-state index in [2.05, 4.69) is 10.2 Å². The minimum atomic E-state index is -0.266. The number of carbonyl (C=O) groups excluding carboxylic acids is 1. The lowest BCUT2D eigenvalue weighted by Crippen LogP contribution is -2.31. The highest BCUT2D eigenvalue weighted by atomic mass is 19.1. The Morgan fingerprint density at radius 1 is 1.40 bits per heavy atom. The van der Waals surface area contributed by atoms with Crippen LogP contribution in [0.3, 0.4) is 0 Å². The smallest absolute Gasteiger partial charge is 0.251 e. The molecule has 1 N–H and O–H groups in total. The van der Waals surface area contributed by atoms with Crippen molar-refractivity contribution in [2.24, 2.45) is 5.92 Å². The first-order chi connectivity index (χ1) is 9.63. The zero-order valence-corrected chi connectivity index (χ0v) is 11.9. The first kappa shape index (κ1) is 13.6. The summed E-state index contributed by atoms with van der Waals surface area (Å²) in [7, 11) is 0. The molecule has 2 fully saturated rings. The predicted molar refractivity (Wildman–Crippen MR) is 76.2 cm³/mol. The number of halogens is 1. The molecule has 0 bridgehead atoms. The third kappa shape index (κ3) is 3.01. The van der Waals surface area contributed by atoms with E-state index in [0.717, 1.165) is 19.1 Å². The van der Waals surface area contributed by atoms with Crippen molar-refractivity contribution in [2.45, 2.75) is 32.2 Å². The minimum absolute atomic E-state index is 0.0991. The molecule has 1 atom stereocenters. The molecule has 20 heavy (non-hydrogen) atoms. The summed E-state index contributed by atoms with van der Waals surface area (Å²) in [4.78, 5) is 14.6. The van der Waals surface area contributed by atoms with Crippen molar-refractivity contribution in [1.82, 2.24) is 10.2 Å². The number of nitrogens with zero attached hydrogens (tertiary/aromatic N) is 1. The Labute approximate surface area is 119 Å². The van der Waals surface area contributed by atoms with Crippen molar-refractivity contribution >= 4 is 5.91 Å². The summed E-state index contributed by atoms with van der Waals surface area (Å²) in [5.74, 6) is 0.191. The normalized spacial score (nSPS) is 23.0. The molecule has 2 aliphatic rings. The molecule has 1 unspecified atom stereocenters. The molecular formula is C16H21FN2O. The van der Waals surface area contributed by atoms with Crippen LogP contribution in [-0.4, -0.2) is 36.5 Å². The van der Waals surface area contributed by atoms with Crippen LogP contribution in [0.25, 0.3) is 0 Å². The second-order valence-corrected chi connectivity index (χ2v) is 6.05. The van der Waals surface area contributed by atoms with Crippen molar-refractivity contribution in [3.05, 3.63) is 35.1 Å². The molecule has 1 amide bonds. The van der Waals surface area contributed by atoms with Gasteiger partial charge in [-0.05, 0) is 62.4 Å². The Morgan fingerprint density at radius 2 is 2.20 bits per heavy atom. The monoisotopic (exact) mass is 276 g/mol. The molecule has 108 valence electrons. The molecule has 1 aromatic carbocycles. The topological polar surface area (TPSA) is 32.3 Å². The predicted octanol–water partition coefficient (Wildman–Crippen LogP) is 2.35. The summed E-state index contributed by atoms with van der Waals surface area (Å²) in [5, 5.41) is 2.98. The summed E-state index contributed by atoms with van der Waals surface area (Å²) in [6.07, 6.45) is 3.85. The van der Waals surface area contributed by atoms with Crippen molar-refractivity contribution in [1.29, 1.82) is 0 Å². The van der Waals surface area contributed by atoms with E-state index >= 15 is 0 Å². The maximum atomic E-state index is 13.2. The van der Waals surface area contributed by atoms with Crippen LogP contribution >= 0.6 is 0 Å². The summed E-state index contributed by atoms with van der Waals surface area (Å²) in [5.41, 5.74) is 1.05. The standard InChI is InChI=1S/C16H21FN2O/c1-11-8-13(2-5-15(11)17)16(20)18-9-12-6-7-19(10-12)14-3-4-14/h2,5,8,12,14H,3-4,6-7,9-10H2,1H3,(H,18,20). The largest absolute Gasteiger partial charge is 0.352 e. The first-order valence-corrected chi connectivity index (χ1v) is 7.42. The molecule has 1 aliphatic heterocycles. The second kappa shape index (κ2) is 5.52. The van der Waals surface area contributed by atoms with Gasteiger partial charge in [-0.3, -0.25) is 4.79 Å². The fraction of sp³-hybridized carbons (Fsp3) is 0.562. The maximum absolute atomic E-state index is 13.2. The van der Waals surface area contributed by atoms with Gasteiger partial charge in [0.05, 0.1) is 0 Å². The van der Waals surface area contributed by atoms with Gasteiger partial charge in [-0.2, -0.15) is 0 Å². The molecule has 1 saturated heterocycles. The highest BCUT2D eigenvalue weighted by molar-refractivity contribution is 5.94. The van der Waals surface area contributed by atoms with Gasteiger partial charge in [0.15, 0.2) is 0 Å². The molecule has 0 aromatic heterocycles. The molecular weight excluding hydrogens is 255 g/mol. The number of rotatable bonds is 4. The first-order valence-electron chi connectivity index (χ1n) is 7.42. The van der Waals surface area contributed by atoms with Crippen LogP contribution in [0.2, 0.25) is 0 Å². The number of benzene rings is 1. The average molecular weight is 276 g/mol. The van der Waals surface area contributed by atoms with Crippen molar-refractivity contribution in [3.63, 3.8) is 0 Å². The molecule has 4 heteroatoms. The number of likely N-dealkylation sites (tertiary alicyclic amines) is 1. The van der Waals surface area contributed by atoms with Gasteiger partial charge in [0.1, 0.15) is 5.82 Å². The zero-order valence-electron chi connectivity index (χ0n) is 11.9. The number of carbonyl (C=O) groups is 1. The van der Waals surface area contributed by atoms with Gasteiger partial charge < -0.3 is 10.2 Å². The van der Waals surface area contributed by atoms with Gasteiger partial charge in [-0.15, -0.1) is 0 Å². The highest BCUT2D eigenvalue weighted by Crippen LogP contribution is 2.31. The Bertz CT molecular complexity index is 513. The third-order valence-corrected chi connectivity index (χ3v) is 4.35. The zero-order chi connectivity index (χ0) is 14.1. The summed E-state index contributed by atoms with van der Waals surface area (Å²) < 4.78 is 13.2. The second-order valence-electron chi connectivity index (χ2n) is 6.05. The van der Waals surface area contributed by atoms with E-state index in [9.17, 15) is 9.18 Å². The number of hydrogen-bond acceptors (Lipinski definition) is 2. The van der Waals surface area contributed by atoms with Crippen molar-refractivity contribution in [3.8, 4) is 0 Å². The fourth-order valence-corrected chi connectivity index (χ4v) is 2.93.